The van der Waals surface area contributed by atoms with Crippen LogP contribution < -0.4 is 0 Å². The first-order chi connectivity index (χ1) is 5.86. The van der Waals surface area contributed by atoms with Crippen LogP contribution in [0.5, 0.6) is 0 Å². The second-order valence-corrected chi connectivity index (χ2v) is 14.6. The SMILES string of the molecule is C[CH2][Sb]([CH2]C)[S]c1ccccc1. The van der Waals surface area contributed by atoms with Gasteiger partial charge in [-0.3, -0.25) is 0 Å². The third-order valence-electron chi connectivity index (χ3n) is 1.68. The second-order valence-electron chi connectivity index (χ2n) is 2.52. The Labute approximate surface area is 85.1 Å². The van der Waals surface area contributed by atoms with Gasteiger partial charge in [0.05, 0.1) is 0 Å². The minimum atomic E-state index is -0.914. The van der Waals surface area contributed by atoms with Crippen LogP contribution in [0.3, 0.4) is 0 Å². The summed E-state index contributed by atoms with van der Waals surface area (Å²) < 4.78 is 2.89. The van der Waals surface area contributed by atoms with Gasteiger partial charge in [0.1, 0.15) is 0 Å². The van der Waals surface area contributed by atoms with E-state index in [4.69, 9.17) is 0 Å². The van der Waals surface area contributed by atoms with Crippen LogP contribution in [0.4, 0.5) is 0 Å². The van der Waals surface area contributed by atoms with Crippen molar-refractivity contribution in [2.24, 2.45) is 0 Å². The molecule has 12 heavy (non-hydrogen) atoms. The fraction of sp³-hybridized carbons (Fsp3) is 0.400. The van der Waals surface area contributed by atoms with Gasteiger partial charge in [-0.15, -0.1) is 0 Å². The molecule has 0 spiro atoms. The van der Waals surface area contributed by atoms with Gasteiger partial charge in [0.2, 0.25) is 0 Å². The van der Waals surface area contributed by atoms with Gasteiger partial charge in [0.25, 0.3) is 0 Å². The van der Waals surface area contributed by atoms with E-state index in [0.29, 0.717) is 0 Å². The van der Waals surface area contributed by atoms with Crippen molar-refractivity contribution in [3.05, 3.63) is 30.3 Å². The van der Waals surface area contributed by atoms with E-state index in [1.165, 1.54) is 13.6 Å². The standard InChI is InChI=1S/C6H6S.2C2H5.Sb/c7-6-4-2-1-3-5-6;2*1-2;/h1-5,7H;2*1H2,2H3;/q;;;+1/p-1. The Kier molecular flexibility index (Phi) is 5.18. The predicted octanol–water partition coefficient (Wildman–Crippen LogP) is 3.81. The Morgan fingerprint density at radius 3 is 2.17 bits per heavy atom. The third-order valence-corrected chi connectivity index (χ3v) is 13.9. The summed E-state index contributed by atoms with van der Waals surface area (Å²) >= 11 is -0.914. The normalized spacial score (nSPS) is 10.6. The van der Waals surface area contributed by atoms with E-state index >= 15 is 0 Å². The topological polar surface area (TPSA) is 0 Å². The first-order valence-corrected chi connectivity index (χ1v) is 11.9. The van der Waals surface area contributed by atoms with Crippen molar-refractivity contribution in [2.45, 2.75) is 27.5 Å². The molecule has 0 fully saturated rings. The Bertz CT molecular complexity index is 206. The van der Waals surface area contributed by atoms with Crippen molar-refractivity contribution in [3.63, 3.8) is 0 Å². The van der Waals surface area contributed by atoms with E-state index in [2.05, 4.69) is 53.0 Å². The zero-order valence-corrected chi connectivity index (χ0v) is 11.0. The molecular formula is C10H15SSb. The first-order valence-electron chi connectivity index (χ1n) is 4.34. The quantitative estimate of drug-likeness (QED) is 0.759. The molecule has 0 N–H and O–H groups in total. The molecule has 2 heteroatoms. The van der Waals surface area contributed by atoms with E-state index < -0.39 is 18.8 Å². The Morgan fingerprint density at radius 1 is 1.08 bits per heavy atom. The van der Waals surface area contributed by atoms with E-state index in [1.807, 2.05) is 0 Å². The van der Waals surface area contributed by atoms with Gasteiger partial charge in [0.15, 0.2) is 0 Å². The summed E-state index contributed by atoms with van der Waals surface area (Å²) in [4.78, 5) is 1.48. The maximum absolute atomic E-state index is 2.34. The zero-order chi connectivity index (χ0) is 8.81. The van der Waals surface area contributed by atoms with Crippen LogP contribution in [0.2, 0.25) is 8.73 Å². The number of hydrogen-bond acceptors (Lipinski definition) is 1. The van der Waals surface area contributed by atoms with Crippen molar-refractivity contribution in [3.8, 4) is 0 Å². The Morgan fingerprint density at radius 2 is 1.67 bits per heavy atom. The monoisotopic (exact) mass is 288 g/mol. The summed E-state index contributed by atoms with van der Waals surface area (Å²) in [6.45, 7) is 4.67. The number of rotatable bonds is 4. The molecule has 0 saturated carbocycles. The van der Waals surface area contributed by atoms with Crippen LogP contribution in [-0.4, -0.2) is 18.8 Å². The molecule has 0 saturated heterocycles. The van der Waals surface area contributed by atoms with E-state index in [9.17, 15) is 0 Å². The molecule has 1 aromatic rings. The van der Waals surface area contributed by atoms with Crippen molar-refractivity contribution in [1.29, 1.82) is 0 Å². The first kappa shape index (κ1) is 10.5. The molecule has 1 aromatic carbocycles. The summed E-state index contributed by atoms with van der Waals surface area (Å²) in [5, 5.41) is 0. The van der Waals surface area contributed by atoms with Gasteiger partial charge in [-0.2, -0.15) is 0 Å². The molecule has 0 aromatic heterocycles. The molecule has 0 aliphatic rings. The predicted molar refractivity (Wildman–Crippen MR) is 59.0 cm³/mol. The molecule has 0 atom stereocenters. The molecule has 0 amide bonds. The molecule has 66 valence electrons. The molecular weight excluding hydrogens is 274 g/mol. The van der Waals surface area contributed by atoms with Crippen LogP contribution in [0.1, 0.15) is 13.8 Å². The Hall–Kier alpha value is 0.388. The maximum atomic E-state index is 2.34. The summed E-state index contributed by atoms with van der Waals surface area (Å²) in [7, 11) is 2.17. The second kappa shape index (κ2) is 5.94. The van der Waals surface area contributed by atoms with Crippen molar-refractivity contribution in [2.75, 3.05) is 0 Å². The molecule has 0 nitrogen and oxygen atoms in total. The molecule has 0 aliphatic heterocycles. The van der Waals surface area contributed by atoms with Crippen molar-refractivity contribution in [1.82, 2.24) is 0 Å². The van der Waals surface area contributed by atoms with Gasteiger partial charge in [0, 0.05) is 0 Å². The fourth-order valence-corrected chi connectivity index (χ4v) is 8.90. The zero-order valence-electron chi connectivity index (χ0n) is 7.66. The molecule has 0 heterocycles. The molecule has 0 bridgehead atoms. The van der Waals surface area contributed by atoms with E-state index in [1.54, 1.807) is 0 Å². The number of benzene rings is 1. The van der Waals surface area contributed by atoms with Crippen LogP contribution >= 0.6 is 8.85 Å². The fourth-order valence-electron chi connectivity index (χ4n) is 0.983. The van der Waals surface area contributed by atoms with Crippen LogP contribution in [0.25, 0.3) is 0 Å². The van der Waals surface area contributed by atoms with E-state index in [0.717, 1.165) is 0 Å². The molecule has 1 rings (SSSR count). The van der Waals surface area contributed by atoms with Gasteiger partial charge in [-0.05, 0) is 0 Å². The molecule has 0 unspecified atom stereocenters. The summed E-state index contributed by atoms with van der Waals surface area (Å²) in [6.07, 6.45) is 0. The average molecular weight is 289 g/mol. The molecule has 0 aliphatic carbocycles. The van der Waals surface area contributed by atoms with Gasteiger partial charge >= 0.3 is 85.5 Å². The minimum absolute atomic E-state index is 0.914. The van der Waals surface area contributed by atoms with Crippen LogP contribution in [0, 0.1) is 0 Å². The van der Waals surface area contributed by atoms with Crippen LogP contribution in [0.15, 0.2) is 35.2 Å². The van der Waals surface area contributed by atoms with Gasteiger partial charge in [-0.1, -0.05) is 0 Å². The summed E-state index contributed by atoms with van der Waals surface area (Å²) in [6, 6.07) is 10.8. The number of hydrogen-bond donors (Lipinski definition) is 0. The molecule has 0 radical (unpaired) electrons. The van der Waals surface area contributed by atoms with Crippen molar-refractivity contribution < 1.29 is 0 Å². The summed E-state index contributed by atoms with van der Waals surface area (Å²) in [5.74, 6) is 0. The third kappa shape index (κ3) is 3.41. The van der Waals surface area contributed by atoms with Gasteiger partial charge in [-0.25, -0.2) is 0 Å². The Balaban J connectivity index is 2.51. The van der Waals surface area contributed by atoms with Crippen LogP contribution in [-0.2, 0) is 0 Å². The average Bonchev–Trinajstić information content (AvgIpc) is 2.16. The van der Waals surface area contributed by atoms with Crippen molar-refractivity contribution >= 4 is 27.7 Å². The summed E-state index contributed by atoms with van der Waals surface area (Å²) in [5.41, 5.74) is 0. The van der Waals surface area contributed by atoms with E-state index in [-0.39, 0.29) is 0 Å². The van der Waals surface area contributed by atoms with Gasteiger partial charge < -0.3 is 0 Å².